The fourth-order valence-electron chi connectivity index (χ4n) is 3.02. The molecular weight excluding hydrogens is 296 g/mol. The molecule has 3 unspecified atom stereocenters. The number of carbonyl (C=O) groups is 1. The van der Waals surface area contributed by atoms with Crippen LogP contribution >= 0.6 is 0 Å². The Hall–Kier alpha value is -1.20. The van der Waals surface area contributed by atoms with Gasteiger partial charge in [-0.1, -0.05) is 43.7 Å². The Labute approximate surface area is 135 Å². The van der Waals surface area contributed by atoms with E-state index >= 15 is 0 Å². The number of benzene rings is 1. The lowest BCUT2D eigenvalue weighted by Gasteiger charge is -2.29. The second-order valence-electron chi connectivity index (χ2n) is 5.96. The highest BCUT2D eigenvalue weighted by molar-refractivity contribution is 7.85. The maximum absolute atomic E-state index is 12.2. The van der Waals surface area contributed by atoms with Crippen molar-refractivity contribution in [3.05, 3.63) is 35.9 Å². The third kappa shape index (κ3) is 4.92. The van der Waals surface area contributed by atoms with Gasteiger partial charge in [0.25, 0.3) is 0 Å². The van der Waals surface area contributed by atoms with Gasteiger partial charge >= 0.3 is 0 Å². The highest BCUT2D eigenvalue weighted by Gasteiger charge is 2.27. The summed E-state index contributed by atoms with van der Waals surface area (Å²) in [6, 6.07) is 9.40. The van der Waals surface area contributed by atoms with Gasteiger partial charge < -0.3 is 11.1 Å². The molecule has 0 bridgehead atoms. The highest BCUT2D eigenvalue weighted by atomic mass is 32.2. The molecule has 1 aliphatic rings. The minimum Gasteiger partial charge on any atom is -0.352 e. The van der Waals surface area contributed by atoms with E-state index in [-0.39, 0.29) is 17.2 Å². The van der Waals surface area contributed by atoms with Crippen molar-refractivity contribution in [2.45, 2.75) is 56.4 Å². The molecule has 0 heterocycles. The van der Waals surface area contributed by atoms with Gasteiger partial charge in [0, 0.05) is 27.8 Å². The van der Waals surface area contributed by atoms with E-state index in [4.69, 9.17) is 5.73 Å². The average Bonchev–Trinajstić information content (AvgIpc) is 2.55. The lowest BCUT2D eigenvalue weighted by Crippen LogP contribution is -2.48. The van der Waals surface area contributed by atoms with Crippen LogP contribution in [0.15, 0.2) is 30.3 Å². The number of hydrogen-bond acceptors (Lipinski definition) is 3. The molecule has 1 aromatic rings. The number of nitrogens with two attached hydrogens (primary N) is 1. The number of amides is 1. The Balaban J connectivity index is 1.84. The normalized spacial score (nSPS) is 24.5. The molecule has 2 rings (SSSR count). The van der Waals surface area contributed by atoms with Gasteiger partial charge in [-0.2, -0.15) is 0 Å². The lowest BCUT2D eigenvalue weighted by atomic mass is 9.94. The number of nitrogens with one attached hydrogen (secondary N) is 1. The van der Waals surface area contributed by atoms with Crippen LogP contribution in [0.25, 0.3) is 0 Å². The Morgan fingerprint density at radius 2 is 2.09 bits per heavy atom. The summed E-state index contributed by atoms with van der Waals surface area (Å²) in [5, 5.41) is 3.27. The maximum Gasteiger partial charge on any atom is 0.237 e. The molecule has 1 amide bonds. The van der Waals surface area contributed by atoms with Crippen LogP contribution in [0.3, 0.4) is 0 Å². The minimum atomic E-state index is -0.774. The van der Waals surface area contributed by atoms with E-state index < -0.39 is 16.8 Å². The van der Waals surface area contributed by atoms with Crippen molar-refractivity contribution in [3.8, 4) is 0 Å². The summed E-state index contributed by atoms with van der Waals surface area (Å²) >= 11 is 0. The summed E-state index contributed by atoms with van der Waals surface area (Å²) in [4.78, 5) is 12.2. The van der Waals surface area contributed by atoms with Crippen molar-refractivity contribution in [3.63, 3.8) is 0 Å². The van der Waals surface area contributed by atoms with Crippen LogP contribution in [0, 0.1) is 0 Å². The van der Waals surface area contributed by atoms with Crippen LogP contribution in [0.1, 0.15) is 38.2 Å². The van der Waals surface area contributed by atoms with Crippen molar-refractivity contribution < 1.29 is 9.00 Å². The zero-order chi connectivity index (χ0) is 15.9. The van der Waals surface area contributed by atoms with Crippen LogP contribution in [0.4, 0.5) is 0 Å². The molecule has 122 valence electrons. The summed E-state index contributed by atoms with van der Waals surface area (Å²) in [5.74, 6) is 0.593. The quantitative estimate of drug-likeness (QED) is 0.838. The molecule has 0 aromatic heterocycles. The summed E-state index contributed by atoms with van der Waals surface area (Å²) in [6.45, 7) is 1.95. The molecule has 22 heavy (non-hydrogen) atoms. The van der Waals surface area contributed by atoms with E-state index in [0.29, 0.717) is 12.2 Å². The smallest absolute Gasteiger partial charge is 0.237 e. The van der Waals surface area contributed by atoms with Crippen molar-refractivity contribution in [1.29, 1.82) is 0 Å². The largest absolute Gasteiger partial charge is 0.352 e. The molecule has 1 aromatic carbocycles. The van der Waals surface area contributed by atoms with Gasteiger partial charge in [-0.15, -0.1) is 0 Å². The van der Waals surface area contributed by atoms with Crippen molar-refractivity contribution in [2.24, 2.45) is 5.73 Å². The first-order chi connectivity index (χ1) is 10.6. The molecule has 3 N–H and O–H groups in total. The third-order valence-corrected chi connectivity index (χ3v) is 6.00. The third-order valence-electron chi connectivity index (χ3n) is 4.26. The van der Waals surface area contributed by atoms with E-state index in [0.717, 1.165) is 31.2 Å². The zero-order valence-corrected chi connectivity index (χ0v) is 14.0. The SMILES string of the molecule is CCS(=O)C1CCCC(NC(=O)[C@@H](N)Cc2ccccc2)C1. The van der Waals surface area contributed by atoms with Gasteiger partial charge in [0.05, 0.1) is 6.04 Å². The zero-order valence-electron chi connectivity index (χ0n) is 13.2. The summed E-state index contributed by atoms with van der Waals surface area (Å²) < 4.78 is 11.9. The first-order valence-corrected chi connectivity index (χ1v) is 9.45. The second kappa shape index (κ2) is 8.44. The van der Waals surface area contributed by atoms with Crippen LogP contribution < -0.4 is 11.1 Å². The fourth-order valence-corrected chi connectivity index (χ4v) is 4.37. The van der Waals surface area contributed by atoms with E-state index in [1.54, 1.807) is 0 Å². The fraction of sp³-hybridized carbons (Fsp3) is 0.588. The minimum absolute atomic E-state index is 0.100. The molecule has 1 aliphatic carbocycles. The Bertz CT molecular complexity index is 507. The Morgan fingerprint density at radius 3 is 2.77 bits per heavy atom. The van der Waals surface area contributed by atoms with Gasteiger partial charge in [-0.05, 0) is 31.2 Å². The molecule has 1 fully saturated rings. The number of hydrogen-bond donors (Lipinski definition) is 2. The molecular formula is C17H26N2O2S. The maximum atomic E-state index is 12.2. The van der Waals surface area contributed by atoms with Crippen LogP contribution in [0.5, 0.6) is 0 Å². The van der Waals surface area contributed by atoms with Crippen LogP contribution in [-0.2, 0) is 22.0 Å². The second-order valence-corrected chi connectivity index (χ2v) is 7.97. The summed E-state index contributed by atoms with van der Waals surface area (Å²) in [5.41, 5.74) is 7.08. The van der Waals surface area contributed by atoms with Crippen molar-refractivity contribution >= 4 is 16.7 Å². The number of rotatable bonds is 6. The average molecular weight is 322 g/mol. The molecule has 0 saturated heterocycles. The van der Waals surface area contributed by atoms with E-state index in [9.17, 15) is 9.00 Å². The monoisotopic (exact) mass is 322 g/mol. The molecule has 0 aliphatic heterocycles. The highest BCUT2D eigenvalue weighted by Crippen LogP contribution is 2.23. The molecule has 5 heteroatoms. The summed E-state index contributed by atoms with van der Waals surface area (Å²) in [7, 11) is -0.774. The molecule has 1 saturated carbocycles. The summed E-state index contributed by atoms with van der Waals surface area (Å²) in [6.07, 6.45) is 4.34. The molecule has 0 radical (unpaired) electrons. The molecule has 0 spiro atoms. The van der Waals surface area contributed by atoms with Crippen LogP contribution in [-0.4, -0.2) is 33.2 Å². The van der Waals surface area contributed by atoms with Gasteiger partial charge in [0.15, 0.2) is 0 Å². The van der Waals surface area contributed by atoms with Gasteiger partial charge in [0.1, 0.15) is 0 Å². The van der Waals surface area contributed by atoms with Crippen LogP contribution in [0.2, 0.25) is 0 Å². The predicted octanol–water partition coefficient (Wildman–Crippen LogP) is 1.75. The van der Waals surface area contributed by atoms with E-state index in [1.165, 1.54) is 0 Å². The van der Waals surface area contributed by atoms with Gasteiger partial charge in [0.2, 0.25) is 5.91 Å². The Kier molecular flexibility index (Phi) is 6.58. The van der Waals surface area contributed by atoms with E-state index in [1.807, 2.05) is 37.3 Å². The van der Waals surface area contributed by atoms with Gasteiger partial charge in [-0.25, -0.2) is 0 Å². The topological polar surface area (TPSA) is 72.2 Å². The van der Waals surface area contributed by atoms with Gasteiger partial charge in [-0.3, -0.25) is 9.00 Å². The first-order valence-electron chi connectivity index (χ1n) is 8.07. The standard InChI is InChI=1S/C17H26N2O2S/c1-2-22(21)15-10-6-9-14(12-15)19-17(20)16(18)11-13-7-4-3-5-8-13/h3-5,7-8,14-16H,2,6,9-12,18H2,1H3,(H,19,20)/t14?,15?,16-,22?/m0/s1. The lowest BCUT2D eigenvalue weighted by molar-refractivity contribution is -0.123. The predicted molar refractivity (Wildman–Crippen MR) is 91.0 cm³/mol. The number of carbonyl (C=O) groups excluding carboxylic acids is 1. The first kappa shape index (κ1) is 17.2. The van der Waals surface area contributed by atoms with Crippen molar-refractivity contribution in [1.82, 2.24) is 5.32 Å². The Morgan fingerprint density at radius 1 is 1.36 bits per heavy atom. The molecule has 4 atom stereocenters. The van der Waals surface area contributed by atoms with E-state index in [2.05, 4.69) is 5.32 Å². The molecule has 4 nitrogen and oxygen atoms in total. The van der Waals surface area contributed by atoms with Crippen molar-refractivity contribution in [2.75, 3.05) is 5.75 Å².